The van der Waals surface area contributed by atoms with Gasteiger partial charge in [0.2, 0.25) is 5.56 Å². The van der Waals surface area contributed by atoms with Crippen molar-refractivity contribution in [3.8, 4) is 0 Å². The first-order valence-electron chi connectivity index (χ1n) is 4.35. The predicted molar refractivity (Wildman–Crippen MR) is 49.2 cm³/mol. The molecule has 0 aromatic carbocycles. The maximum Gasteiger partial charge on any atom is 0.407 e. The molecule has 5 heteroatoms. The summed E-state index contributed by atoms with van der Waals surface area (Å²) in [7, 11) is 0. The molecule has 0 spiro atoms. The summed E-state index contributed by atoms with van der Waals surface area (Å²) in [6.45, 7) is 0.827. The Bertz CT molecular complexity index is 424. The minimum Gasteiger partial charge on any atom is -0.465 e. The molecular weight excluding hydrogens is 184 g/mol. The third-order valence-electron chi connectivity index (χ3n) is 2.39. The monoisotopic (exact) mass is 194 g/mol. The van der Waals surface area contributed by atoms with Crippen LogP contribution >= 0.6 is 0 Å². The van der Waals surface area contributed by atoms with E-state index in [-0.39, 0.29) is 5.56 Å². The van der Waals surface area contributed by atoms with Crippen LogP contribution in [0.3, 0.4) is 0 Å². The highest BCUT2D eigenvalue weighted by atomic mass is 16.4. The van der Waals surface area contributed by atoms with Gasteiger partial charge in [-0.25, -0.2) is 4.79 Å². The minimum atomic E-state index is -0.915. The first-order chi connectivity index (χ1) is 6.66. The maximum absolute atomic E-state index is 11.0. The van der Waals surface area contributed by atoms with E-state index in [1.165, 1.54) is 11.0 Å². The Kier molecular flexibility index (Phi) is 1.99. The number of aromatic amines is 1. The van der Waals surface area contributed by atoms with E-state index >= 15 is 0 Å². The standard InChI is InChI=1S/C9H10N2O3/c12-8-3-6-1-2-11(9(13)14)5-7(6)4-10-8/h3-4H,1-2,5H2,(H,10,12)(H,13,14). The molecule has 1 amide bonds. The normalized spacial score (nSPS) is 15.0. The van der Waals surface area contributed by atoms with Crippen molar-refractivity contribution in [1.29, 1.82) is 0 Å². The lowest BCUT2D eigenvalue weighted by Crippen LogP contribution is -2.35. The van der Waals surface area contributed by atoms with E-state index in [9.17, 15) is 9.59 Å². The molecule has 0 aliphatic carbocycles. The largest absolute Gasteiger partial charge is 0.465 e. The van der Waals surface area contributed by atoms with Gasteiger partial charge in [-0.2, -0.15) is 0 Å². The summed E-state index contributed by atoms with van der Waals surface area (Å²) in [5.74, 6) is 0. The molecule has 0 saturated carbocycles. The molecule has 1 aliphatic heterocycles. The van der Waals surface area contributed by atoms with Crippen LogP contribution in [0, 0.1) is 0 Å². The van der Waals surface area contributed by atoms with E-state index < -0.39 is 6.09 Å². The predicted octanol–water partition coefficient (Wildman–Crippen LogP) is 0.411. The lowest BCUT2D eigenvalue weighted by atomic mass is 10.0. The molecule has 0 unspecified atom stereocenters. The summed E-state index contributed by atoms with van der Waals surface area (Å²) >= 11 is 0. The summed E-state index contributed by atoms with van der Waals surface area (Å²) in [6, 6.07) is 1.54. The third kappa shape index (κ3) is 1.48. The van der Waals surface area contributed by atoms with Crippen LogP contribution in [0.2, 0.25) is 0 Å². The van der Waals surface area contributed by atoms with Crippen LogP contribution in [0.25, 0.3) is 0 Å². The van der Waals surface area contributed by atoms with E-state index in [0.717, 1.165) is 11.1 Å². The molecule has 2 rings (SSSR count). The van der Waals surface area contributed by atoms with E-state index in [2.05, 4.69) is 4.98 Å². The number of carboxylic acid groups (broad SMARTS) is 1. The number of nitrogens with one attached hydrogen (secondary N) is 1. The van der Waals surface area contributed by atoms with Crippen LogP contribution in [0.15, 0.2) is 17.1 Å². The summed E-state index contributed by atoms with van der Waals surface area (Å²) in [5, 5.41) is 8.77. The van der Waals surface area contributed by atoms with Crippen LogP contribution in [0.1, 0.15) is 11.1 Å². The maximum atomic E-state index is 11.0. The van der Waals surface area contributed by atoms with Crippen molar-refractivity contribution in [3.63, 3.8) is 0 Å². The molecule has 1 aromatic heterocycles. The van der Waals surface area contributed by atoms with Crippen LogP contribution in [0.5, 0.6) is 0 Å². The number of fused-ring (bicyclic) bond motifs is 1. The fourth-order valence-corrected chi connectivity index (χ4v) is 1.63. The zero-order valence-corrected chi connectivity index (χ0v) is 7.49. The van der Waals surface area contributed by atoms with E-state index in [0.29, 0.717) is 19.5 Å². The Morgan fingerprint density at radius 3 is 3.00 bits per heavy atom. The highest BCUT2D eigenvalue weighted by Gasteiger charge is 2.19. The van der Waals surface area contributed by atoms with Crippen LogP contribution in [-0.2, 0) is 13.0 Å². The molecule has 5 nitrogen and oxygen atoms in total. The van der Waals surface area contributed by atoms with Gasteiger partial charge in [-0.3, -0.25) is 4.79 Å². The van der Waals surface area contributed by atoms with Crippen molar-refractivity contribution in [2.75, 3.05) is 6.54 Å². The van der Waals surface area contributed by atoms with E-state index in [4.69, 9.17) is 5.11 Å². The van der Waals surface area contributed by atoms with Crippen molar-refractivity contribution in [1.82, 2.24) is 9.88 Å². The van der Waals surface area contributed by atoms with Gasteiger partial charge >= 0.3 is 6.09 Å². The fraction of sp³-hybridized carbons (Fsp3) is 0.333. The molecule has 0 fully saturated rings. The number of H-pyrrole nitrogens is 1. The van der Waals surface area contributed by atoms with E-state index in [1.807, 2.05) is 0 Å². The quantitative estimate of drug-likeness (QED) is 0.628. The topological polar surface area (TPSA) is 73.4 Å². The van der Waals surface area contributed by atoms with Crippen molar-refractivity contribution < 1.29 is 9.90 Å². The highest BCUT2D eigenvalue weighted by Crippen LogP contribution is 2.15. The fourth-order valence-electron chi connectivity index (χ4n) is 1.63. The molecule has 1 aromatic rings. The van der Waals surface area contributed by atoms with Gasteiger partial charge in [0.1, 0.15) is 0 Å². The molecule has 0 saturated heterocycles. The molecular formula is C9H10N2O3. The molecule has 0 bridgehead atoms. The summed E-state index contributed by atoms with van der Waals surface area (Å²) < 4.78 is 0. The molecule has 0 radical (unpaired) electrons. The van der Waals surface area contributed by atoms with Crippen molar-refractivity contribution in [2.24, 2.45) is 0 Å². The Morgan fingerprint density at radius 1 is 1.50 bits per heavy atom. The SMILES string of the molecule is O=C(O)N1CCc2cc(=O)[nH]cc2C1. The first-order valence-corrected chi connectivity index (χ1v) is 4.35. The average Bonchev–Trinajstić information content (AvgIpc) is 2.16. The molecule has 2 heterocycles. The zero-order valence-electron chi connectivity index (χ0n) is 7.49. The van der Waals surface area contributed by atoms with Gasteiger partial charge in [0.05, 0.1) is 6.54 Å². The van der Waals surface area contributed by atoms with Gasteiger partial charge in [0.25, 0.3) is 0 Å². The Balaban J connectivity index is 2.31. The van der Waals surface area contributed by atoms with Crippen LogP contribution < -0.4 is 5.56 Å². The lowest BCUT2D eigenvalue weighted by molar-refractivity contribution is 0.140. The van der Waals surface area contributed by atoms with Crippen LogP contribution in [0.4, 0.5) is 4.79 Å². The molecule has 0 atom stereocenters. The highest BCUT2D eigenvalue weighted by molar-refractivity contribution is 5.65. The third-order valence-corrected chi connectivity index (χ3v) is 2.39. The van der Waals surface area contributed by atoms with Gasteiger partial charge in [-0.05, 0) is 17.5 Å². The number of hydrogen-bond acceptors (Lipinski definition) is 2. The number of amides is 1. The van der Waals surface area contributed by atoms with Crippen LogP contribution in [-0.4, -0.2) is 27.6 Å². The minimum absolute atomic E-state index is 0.132. The number of hydrogen-bond donors (Lipinski definition) is 2. The zero-order chi connectivity index (χ0) is 10.1. The second-order valence-corrected chi connectivity index (χ2v) is 3.30. The molecule has 1 aliphatic rings. The molecule has 14 heavy (non-hydrogen) atoms. The van der Waals surface area contributed by atoms with Gasteiger partial charge in [-0.1, -0.05) is 0 Å². The number of rotatable bonds is 0. The number of pyridine rings is 1. The number of nitrogens with zero attached hydrogens (tertiary/aromatic N) is 1. The van der Waals surface area contributed by atoms with Crippen molar-refractivity contribution >= 4 is 6.09 Å². The Morgan fingerprint density at radius 2 is 2.29 bits per heavy atom. The number of carbonyl (C=O) groups is 1. The smallest absolute Gasteiger partial charge is 0.407 e. The van der Waals surface area contributed by atoms with Gasteiger partial charge in [0.15, 0.2) is 0 Å². The summed E-state index contributed by atoms with van der Waals surface area (Å²) in [4.78, 5) is 25.5. The lowest BCUT2D eigenvalue weighted by Gasteiger charge is -2.25. The van der Waals surface area contributed by atoms with Gasteiger partial charge < -0.3 is 15.0 Å². The van der Waals surface area contributed by atoms with E-state index in [1.54, 1.807) is 6.20 Å². The molecule has 2 N–H and O–H groups in total. The number of aromatic nitrogens is 1. The van der Waals surface area contributed by atoms with Gasteiger partial charge in [0, 0.05) is 18.8 Å². The summed E-state index contributed by atoms with van der Waals surface area (Å²) in [5.41, 5.74) is 1.71. The first kappa shape index (κ1) is 8.80. The Hall–Kier alpha value is -1.78. The van der Waals surface area contributed by atoms with Crippen molar-refractivity contribution in [2.45, 2.75) is 13.0 Å². The molecule has 74 valence electrons. The Labute approximate surface area is 80.0 Å². The summed E-state index contributed by atoms with van der Waals surface area (Å²) in [6.07, 6.45) is 1.29. The van der Waals surface area contributed by atoms with Crippen molar-refractivity contribution in [3.05, 3.63) is 33.7 Å². The van der Waals surface area contributed by atoms with Gasteiger partial charge in [-0.15, -0.1) is 0 Å². The average molecular weight is 194 g/mol. The second-order valence-electron chi connectivity index (χ2n) is 3.30. The second kappa shape index (κ2) is 3.17.